The van der Waals surface area contributed by atoms with Crippen molar-refractivity contribution < 1.29 is 19.2 Å². The maximum Gasteiger partial charge on any atom is 0.339 e. The number of esters is 1. The van der Waals surface area contributed by atoms with Crippen LogP contribution in [-0.4, -0.2) is 22.9 Å². The summed E-state index contributed by atoms with van der Waals surface area (Å²) in [5.41, 5.74) is 0.334. The quantitative estimate of drug-likeness (QED) is 0.487. The maximum atomic E-state index is 12.1. The second-order valence-corrected chi connectivity index (χ2v) is 5.56. The number of nitro groups is 1. The molecule has 0 unspecified atom stereocenters. The molecular weight excluding hydrogens is 362 g/mol. The van der Waals surface area contributed by atoms with E-state index < -0.39 is 28.6 Å². The van der Waals surface area contributed by atoms with E-state index in [1.165, 1.54) is 43.3 Å². The monoisotopic (exact) mass is 373 g/mol. The number of nitriles is 1. The third kappa shape index (κ3) is 4.55. The van der Waals surface area contributed by atoms with E-state index in [0.29, 0.717) is 11.3 Å². The lowest BCUT2D eigenvalue weighted by Gasteiger charge is -2.13. The molecule has 1 atom stereocenters. The SMILES string of the molecule is C[C@@H](OC(=O)c1ccc(Cl)c([N+](=O)[O-])c1)C(=O)Nc1ccc(C#N)cc1. The Kier molecular flexibility index (Phi) is 5.88. The number of nitro benzene ring substituents is 1. The third-order valence-electron chi connectivity index (χ3n) is 3.31. The number of hydrogen-bond donors (Lipinski definition) is 1. The Bertz CT molecular complexity index is 906. The molecule has 0 saturated heterocycles. The summed E-state index contributed by atoms with van der Waals surface area (Å²) in [6, 6.07) is 11.5. The van der Waals surface area contributed by atoms with Crippen LogP contribution in [0.5, 0.6) is 0 Å². The van der Waals surface area contributed by atoms with Gasteiger partial charge in [0.15, 0.2) is 6.10 Å². The first-order valence-corrected chi connectivity index (χ1v) is 7.65. The first-order valence-electron chi connectivity index (χ1n) is 7.27. The molecule has 0 aliphatic carbocycles. The van der Waals surface area contributed by atoms with E-state index in [9.17, 15) is 19.7 Å². The molecule has 0 spiro atoms. The average molecular weight is 374 g/mol. The third-order valence-corrected chi connectivity index (χ3v) is 3.63. The zero-order valence-electron chi connectivity index (χ0n) is 13.4. The van der Waals surface area contributed by atoms with Crippen molar-refractivity contribution >= 4 is 34.9 Å². The molecule has 0 fully saturated rings. The smallest absolute Gasteiger partial charge is 0.339 e. The van der Waals surface area contributed by atoms with Gasteiger partial charge in [0.2, 0.25) is 0 Å². The molecule has 0 aromatic heterocycles. The minimum absolute atomic E-state index is 0.0980. The second-order valence-electron chi connectivity index (χ2n) is 5.15. The molecule has 9 heteroatoms. The van der Waals surface area contributed by atoms with Crippen LogP contribution in [0.2, 0.25) is 5.02 Å². The molecule has 0 bridgehead atoms. The van der Waals surface area contributed by atoms with Gasteiger partial charge in [0.05, 0.1) is 22.1 Å². The number of carbonyl (C=O) groups excluding carboxylic acids is 2. The van der Waals surface area contributed by atoms with Gasteiger partial charge in [-0.1, -0.05) is 11.6 Å². The van der Waals surface area contributed by atoms with Crippen LogP contribution in [0.15, 0.2) is 42.5 Å². The summed E-state index contributed by atoms with van der Waals surface area (Å²) >= 11 is 5.69. The lowest BCUT2D eigenvalue weighted by Crippen LogP contribution is -2.30. The highest BCUT2D eigenvalue weighted by Crippen LogP contribution is 2.25. The number of nitrogens with one attached hydrogen (secondary N) is 1. The molecular formula is C17H12ClN3O5. The van der Waals surface area contributed by atoms with Crippen LogP contribution in [-0.2, 0) is 9.53 Å². The molecule has 8 nitrogen and oxygen atoms in total. The van der Waals surface area contributed by atoms with Crippen LogP contribution in [0.4, 0.5) is 11.4 Å². The van der Waals surface area contributed by atoms with E-state index in [0.717, 1.165) is 6.07 Å². The number of benzene rings is 2. The van der Waals surface area contributed by atoms with E-state index in [4.69, 9.17) is 21.6 Å². The van der Waals surface area contributed by atoms with Crippen molar-refractivity contribution in [2.75, 3.05) is 5.32 Å². The summed E-state index contributed by atoms with van der Waals surface area (Å²) in [5, 5.41) is 22.0. The van der Waals surface area contributed by atoms with Gasteiger partial charge in [0.25, 0.3) is 11.6 Å². The van der Waals surface area contributed by atoms with Gasteiger partial charge in [-0.2, -0.15) is 5.26 Å². The highest BCUT2D eigenvalue weighted by atomic mass is 35.5. The van der Waals surface area contributed by atoms with E-state index in [1.807, 2.05) is 6.07 Å². The number of ether oxygens (including phenoxy) is 1. The molecule has 0 radical (unpaired) electrons. The van der Waals surface area contributed by atoms with Gasteiger partial charge in [0.1, 0.15) is 5.02 Å². The zero-order valence-corrected chi connectivity index (χ0v) is 14.2. The Morgan fingerprint density at radius 2 is 1.92 bits per heavy atom. The fraction of sp³-hybridized carbons (Fsp3) is 0.118. The van der Waals surface area contributed by atoms with Gasteiger partial charge in [-0.15, -0.1) is 0 Å². The van der Waals surface area contributed by atoms with Crippen molar-refractivity contribution in [2.45, 2.75) is 13.0 Å². The molecule has 0 aliphatic rings. The number of anilines is 1. The number of hydrogen-bond acceptors (Lipinski definition) is 6. The Labute approximate surface area is 153 Å². The Morgan fingerprint density at radius 3 is 2.50 bits per heavy atom. The summed E-state index contributed by atoms with van der Waals surface area (Å²) in [6.45, 7) is 1.36. The van der Waals surface area contributed by atoms with Gasteiger partial charge < -0.3 is 10.1 Å². The molecule has 1 N–H and O–H groups in total. The minimum atomic E-state index is -1.15. The number of rotatable bonds is 5. The molecule has 1 amide bonds. The summed E-state index contributed by atoms with van der Waals surface area (Å²) in [4.78, 5) is 34.3. The van der Waals surface area contributed by atoms with Crippen molar-refractivity contribution in [1.29, 1.82) is 5.26 Å². The van der Waals surface area contributed by atoms with Gasteiger partial charge in [-0.05, 0) is 43.3 Å². The van der Waals surface area contributed by atoms with Crippen LogP contribution in [0.1, 0.15) is 22.8 Å². The van der Waals surface area contributed by atoms with E-state index in [-0.39, 0.29) is 10.6 Å². The molecule has 0 heterocycles. The molecule has 2 aromatic rings. The fourth-order valence-electron chi connectivity index (χ4n) is 1.93. The van der Waals surface area contributed by atoms with Crippen molar-refractivity contribution in [3.63, 3.8) is 0 Å². The first-order chi connectivity index (χ1) is 12.3. The van der Waals surface area contributed by atoms with Crippen molar-refractivity contribution in [1.82, 2.24) is 0 Å². The number of nitrogens with zero attached hydrogens (tertiary/aromatic N) is 2. The Morgan fingerprint density at radius 1 is 1.27 bits per heavy atom. The van der Waals surface area contributed by atoms with Crippen molar-refractivity contribution in [3.8, 4) is 6.07 Å². The predicted octanol–water partition coefficient (Wildman–Crippen LogP) is 3.30. The summed E-state index contributed by atoms with van der Waals surface area (Å²) in [5.74, 6) is -1.49. The lowest BCUT2D eigenvalue weighted by molar-refractivity contribution is -0.384. The maximum absolute atomic E-state index is 12.1. The largest absolute Gasteiger partial charge is 0.449 e. The lowest BCUT2D eigenvalue weighted by atomic mass is 10.2. The molecule has 0 aliphatic heterocycles. The van der Waals surface area contributed by atoms with Crippen molar-refractivity contribution in [3.05, 3.63) is 68.7 Å². The fourth-order valence-corrected chi connectivity index (χ4v) is 2.12. The van der Waals surface area contributed by atoms with Crippen LogP contribution in [0.25, 0.3) is 0 Å². The van der Waals surface area contributed by atoms with Gasteiger partial charge >= 0.3 is 5.97 Å². The van der Waals surface area contributed by atoms with Gasteiger partial charge in [-0.3, -0.25) is 14.9 Å². The molecule has 2 aromatic carbocycles. The van der Waals surface area contributed by atoms with Crippen LogP contribution in [0.3, 0.4) is 0 Å². The van der Waals surface area contributed by atoms with Crippen LogP contribution in [0, 0.1) is 21.4 Å². The van der Waals surface area contributed by atoms with Crippen LogP contribution >= 0.6 is 11.6 Å². The van der Waals surface area contributed by atoms with Gasteiger partial charge in [-0.25, -0.2) is 4.79 Å². The second kappa shape index (κ2) is 8.09. The average Bonchev–Trinajstić information content (AvgIpc) is 2.62. The highest BCUT2D eigenvalue weighted by molar-refractivity contribution is 6.32. The number of halogens is 1. The zero-order chi connectivity index (χ0) is 19.3. The summed E-state index contributed by atoms with van der Waals surface area (Å²) < 4.78 is 5.02. The Balaban J connectivity index is 2.03. The predicted molar refractivity (Wildman–Crippen MR) is 92.8 cm³/mol. The minimum Gasteiger partial charge on any atom is -0.449 e. The molecule has 2 rings (SSSR count). The summed E-state index contributed by atoms with van der Waals surface area (Å²) in [6.07, 6.45) is -1.15. The first kappa shape index (κ1) is 18.9. The number of carbonyl (C=O) groups is 2. The molecule has 132 valence electrons. The van der Waals surface area contributed by atoms with E-state index >= 15 is 0 Å². The molecule has 26 heavy (non-hydrogen) atoms. The van der Waals surface area contributed by atoms with Gasteiger partial charge in [0, 0.05) is 11.8 Å². The highest BCUT2D eigenvalue weighted by Gasteiger charge is 2.22. The summed E-state index contributed by atoms with van der Waals surface area (Å²) in [7, 11) is 0. The van der Waals surface area contributed by atoms with Crippen LogP contribution < -0.4 is 5.32 Å². The normalized spacial score (nSPS) is 11.1. The van der Waals surface area contributed by atoms with E-state index in [2.05, 4.69) is 5.32 Å². The molecule has 0 saturated carbocycles. The van der Waals surface area contributed by atoms with E-state index in [1.54, 1.807) is 0 Å². The Hall–Kier alpha value is -3.44. The standard InChI is InChI=1S/C17H12ClN3O5/c1-10(16(22)20-13-5-2-11(9-19)3-6-13)26-17(23)12-4-7-14(18)15(8-12)21(24)25/h2-8,10H,1H3,(H,20,22)/t10-/m1/s1. The van der Waals surface area contributed by atoms with Crippen molar-refractivity contribution in [2.24, 2.45) is 0 Å². The topological polar surface area (TPSA) is 122 Å². The number of amides is 1.